The van der Waals surface area contributed by atoms with Crippen LogP contribution in [0.4, 0.5) is 0 Å². The van der Waals surface area contributed by atoms with E-state index < -0.39 is 11.8 Å². The Balaban J connectivity index is 1.80. The molecule has 1 heterocycles. The van der Waals surface area contributed by atoms with Crippen molar-refractivity contribution in [2.75, 3.05) is 14.2 Å². The van der Waals surface area contributed by atoms with Gasteiger partial charge in [0, 0.05) is 22.2 Å². The van der Waals surface area contributed by atoms with E-state index >= 15 is 0 Å². The van der Waals surface area contributed by atoms with Gasteiger partial charge in [-0.3, -0.25) is 15.0 Å². The zero-order valence-electron chi connectivity index (χ0n) is 14.9. The first-order chi connectivity index (χ1) is 13.4. The summed E-state index contributed by atoms with van der Waals surface area (Å²) in [7, 11) is 3.09. The van der Waals surface area contributed by atoms with E-state index in [1.807, 2.05) is 0 Å². The summed E-state index contributed by atoms with van der Waals surface area (Å²) in [6, 6.07) is 11.6. The van der Waals surface area contributed by atoms with E-state index in [0.29, 0.717) is 32.6 Å². The average molecular weight is 435 g/mol. The lowest BCUT2D eigenvalue weighted by atomic mass is 10.1. The van der Waals surface area contributed by atoms with Crippen molar-refractivity contribution in [2.45, 2.75) is 0 Å². The minimum atomic E-state index is -0.462. The molecule has 2 amide bonds. The number of hydrogen-bond acceptors (Lipinski definition) is 6. The lowest BCUT2D eigenvalue weighted by molar-refractivity contribution is -0.123. The number of carbonyl (C=O) groups is 2. The molecule has 2 aromatic carbocycles. The third kappa shape index (κ3) is 4.30. The fourth-order valence-corrected chi connectivity index (χ4v) is 3.71. The highest BCUT2D eigenvalue weighted by Crippen LogP contribution is 2.34. The maximum absolute atomic E-state index is 12.7. The van der Waals surface area contributed by atoms with Gasteiger partial charge in [0.1, 0.15) is 11.5 Å². The quantitative estimate of drug-likeness (QED) is 0.568. The van der Waals surface area contributed by atoms with Crippen molar-refractivity contribution in [3.05, 3.63) is 63.5 Å². The van der Waals surface area contributed by atoms with Crippen LogP contribution >= 0.6 is 35.6 Å². The number of benzene rings is 2. The second-order valence-corrected chi connectivity index (χ2v) is 7.69. The molecule has 3 rings (SSSR count). The van der Waals surface area contributed by atoms with Gasteiger partial charge in [0.25, 0.3) is 11.8 Å². The molecular formula is C19H15ClN2O4S2. The average Bonchev–Trinajstić information content (AvgIpc) is 2.96. The molecule has 0 unspecified atom stereocenters. The minimum Gasteiger partial charge on any atom is -0.497 e. The molecule has 144 valence electrons. The Labute approximate surface area is 176 Å². The number of rotatable bonds is 5. The molecule has 1 saturated heterocycles. The number of nitrogens with zero attached hydrogens (tertiary/aromatic N) is 1. The van der Waals surface area contributed by atoms with Gasteiger partial charge >= 0.3 is 0 Å². The normalized spacial score (nSPS) is 15.1. The summed E-state index contributed by atoms with van der Waals surface area (Å²) in [4.78, 5) is 25.4. The molecule has 1 fully saturated rings. The molecule has 0 spiro atoms. The molecule has 0 aliphatic carbocycles. The van der Waals surface area contributed by atoms with E-state index in [0.717, 1.165) is 16.8 Å². The Hall–Kier alpha value is -2.55. The van der Waals surface area contributed by atoms with E-state index in [4.69, 9.17) is 33.3 Å². The predicted molar refractivity (Wildman–Crippen MR) is 113 cm³/mol. The van der Waals surface area contributed by atoms with Gasteiger partial charge in [0.05, 0.1) is 19.1 Å². The number of thiocarbonyl (C=S) groups is 1. The van der Waals surface area contributed by atoms with Crippen LogP contribution in [0.3, 0.4) is 0 Å². The third-order valence-electron chi connectivity index (χ3n) is 3.84. The van der Waals surface area contributed by atoms with Crippen molar-refractivity contribution in [1.82, 2.24) is 10.4 Å². The second-order valence-electron chi connectivity index (χ2n) is 5.57. The van der Waals surface area contributed by atoms with Crippen LogP contribution in [0.2, 0.25) is 5.02 Å². The molecule has 6 nitrogen and oxygen atoms in total. The van der Waals surface area contributed by atoms with Gasteiger partial charge in [0.2, 0.25) is 0 Å². The first-order valence-corrected chi connectivity index (χ1v) is 9.59. The summed E-state index contributed by atoms with van der Waals surface area (Å²) >= 11 is 12.2. The van der Waals surface area contributed by atoms with Crippen molar-refractivity contribution < 1.29 is 19.1 Å². The summed E-state index contributed by atoms with van der Waals surface area (Å²) < 4.78 is 10.7. The number of halogens is 1. The molecule has 9 heteroatoms. The lowest BCUT2D eigenvalue weighted by Crippen LogP contribution is -2.44. The monoisotopic (exact) mass is 434 g/mol. The standard InChI is InChI=1S/C19H15ClN2O4S2/c1-25-14-8-5-12(15(10-14)26-2)9-16-18(24)22(19(27)28-16)21-17(23)11-3-6-13(20)7-4-11/h3-10H,1-2H3,(H,21,23)/b16-9+. The number of hydrazine groups is 1. The second kappa shape index (κ2) is 8.64. The van der Waals surface area contributed by atoms with E-state index in [1.165, 1.54) is 7.11 Å². The van der Waals surface area contributed by atoms with Crippen LogP contribution < -0.4 is 14.9 Å². The zero-order valence-corrected chi connectivity index (χ0v) is 17.3. The fourth-order valence-electron chi connectivity index (χ4n) is 2.41. The SMILES string of the molecule is COc1ccc(/C=C2/SC(=S)N(NC(=O)c3ccc(Cl)cc3)C2=O)c(OC)c1. The first-order valence-electron chi connectivity index (χ1n) is 7.99. The highest BCUT2D eigenvalue weighted by Gasteiger charge is 2.34. The molecule has 0 aromatic heterocycles. The van der Waals surface area contributed by atoms with Crippen molar-refractivity contribution in [3.8, 4) is 11.5 Å². The molecule has 2 aromatic rings. The maximum atomic E-state index is 12.7. The van der Waals surface area contributed by atoms with Crippen LogP contribution in [-0.4, -0.2) is 35.4 Å². The van der Waals surface area contributed by atoms with E-state index in [-0.39, 0.29) is 4.32 Å². The van der Waals surface area contributed by atoms with Gasteiger partial charge in [-0.25, -0.2) is 0 Å². The summed E-state index contributed by atoms with van der Waals surface area (Å²) in [5.41, 5.74) is 3.57. The number of thioether (sulfide) groups is 1. The number of amides is 2. The molecule has 28 heavy (non-hydrogen) atoms. The Morgan fingerprint density at radius 2 is 1.89 bits per heavy atom. The molecule has 1 aliphatic rings. The Morgan fingerprint density at radius 3 is 2.54 bits per heavy atom. The highest BCUT2D eigenvalue weighted by molar-refractivity contribution is 8.26. The van der Waals surface area contributed by atoms with E-state index in [1.54, 1.807) is 55.7 Å². The molecule has 1 N–H and O–H groups in total. The Bertz CT molecular complexity index is 976. The van der Waals surface area contributed by atoms with Crippen LogP contribution in [0.25, 0.3) is 6.08 Å². The highest BCUT2D eigenvalue weighted by atomic mass is 35.5. The minimum absolute atomic E-state index is 0.228. The number of hydrogen-bond donors (Lipinski definition) is 1. The number of nitrogens with one attached hydrogen (secondary N) is 1. The lowest BCUT2D eigenvalue weighted by Gasteiger charge is -2.15. The van der Waals surface area contributed by atoms with Gasteiger partial charge in [-0.15, -0.1) is 0 Å². The Morgan fingerprint density at radius 1 is 1.18 bits per heavy atom. The van der Waals surface area contributed by atoms with Crippen LogP contribution in [-0.2, 0) is 4.79 Å². The first kappa shape index (κ1) is 20.2. The summed E-state index contributed by atoms with van der Waals surface area (Å²) in [6.07, 6.45) is 1.66. The zero-order chi connectivity index (χ0) is 20.3. The summed E-state index contributed by atoms with van der Waals surface area (Å²) in [5, 5.41) is 1.57. The third-order valence-corrected chi connectivity index (χ3v) is 5.39. The molecule has 0 radical (unpaired) electrons. The van der Waals surface area contributed by atoms with Crippen LogP contribution in [0.5, 0.6) is 11.5 Å². The number of carbonyl (C=O) groups excluding carboxylic acids is 2. The number of ether oxygens (including phenoxy) is 2. The van der Waals surface area contributed by atoms with E-state index in [9.17, 15) is 9.59 Å². The molecule has 0 saturated carbocycles. The maximum Gasteiger partial charge on any atom is 0.285 e. The van der Waals surface area contributed by atoms with Gasteiger partial charge in [-0.1, -0.05) is 23.4 Å². The molecule has 1 aliphatic heterocycles. The molecular weight excluding hydrogens is 420 g/mol. The molecule has 0 atom stereocenters. The van der Waals surface area contributed by atoms with Gasteiger partial charge in [0.15, 0.2) is 4.32 Å². The van der Waals surface area contributed by atoms with Crippen LogP contribution in [0, 0.1) is 0 Å². The predicted octanol–water partition coefficient (Wildman–Crippen LogP) is 3.90. The fraction of sp³-hybridized carbons (Fsp3) is 0.105. The van der Waals surface area contributed by atoms with Crippen molar-refractivity contribution in [1.29, 1.82) is 0 Å². The largest absolute Gasteiger partial charge is 0.497 e. The van der Waals surface area contributed by atoms with Gasteiger partial charge in [-0.05, 0) is 54.7 Å². The van der Waals surface area contributed by atoms with E-state index in [2.05, 4.69) is 5.43 Å². The molecule has 0 bridgehead atoms. The van der Waals surface area contributed by atoms with Gasteiger partial charge < -0.3 is 9.47 Å². The summed E-state index contributed by atoms with van der Waals surface area (Å²) in [5.74, 6) is 0.304. The summed E-state index contributed by atoms with van der Waals surface area (Å²) in [6.45, 7) is 0. The number of methoxy groups -OCH3 is 2. The smallest absolute Gasteiger partial charge is 0.285 e. The Kier molecular flexibility index (Phi) is 6.23. The van der Waals surface area contributed by atoms with Gasteiger partial charge in [-0.2, -0.15) is 5.01 Å². The van der Waals surface area contributed by atoms with Crippen molar-refractivity contribution >= 4 is 57.8 Å². The van der Waals surface area contributed by atoms with Crippen molar-refractivity contribution in [2.24, 2.45) is 0 Å². The van der Waals surface area contributed by atoms with Crippen LogP contribution in [0.1, 0.15) is 15.9 Å². The van der Waals surface area contributed by atoms with Crippen molar-refractivity contribution in [3.63, 3.8) is 0 Å². The van der Waals surface area contributed by atoms with Crippen LogP contribution in [0.15, 0.2) is 47.4 Å². The topological polar surface area (TPSA) is 67.9 Å².